The summed E-state index contributed by atoms with van der Waals surface area (Å²) in [5, 5.41) is 3.13. The van der Waals surface area contributed by atoms with Crippen molar-refractivity contribution in [3.8, 4) is 0 Å². The molecule has 0 saturated carbocycles. The highest BCUT2D eigenvalue weighted by atomic mass is 35.5. The Labute approximate surface area is 119 Å². The molecule has 7 heteroatoms. The normalized spacial score (nSPS) is 19.5. The van der Waals surface area contributed by atoms with Gasteiger partial charge in [0.2, 0.25) is 10.0 Å². The van der Waals surface area contributed by atoms with Gasteiger partial charge in [0.1, 0.15) is 5.82 Å². The van der Waals surface area contributed by atoms with Crippen LogP contribution in [-0.4, -0.2) is 38.9 Å². The van der Waals surface area contributed by atoms with Crippen LogP contribution in [0.25, 0.3) is 0 Å². The largest absolute Gasteiger partial charge is 0.315 e. The maximum Gasteiger partial charge on any atom is 0.243 e. The van der Waals surface area contributed by atoms with E-state index in [1.165, 1.54) is 22.5 Å². The van der Waals surface area contributed by atoms with Gasteiger partial charge in [0.05, 0.1) is 4.90 Å². The molecule has 1 aromatic rings. The van der Waals surface area contributed by atoms with Crippen LogP contribution in [0.2, 0.25) is 0 Å². The number of sulfonamides is 1. The van der Waals surface area contributed by atoms with Crippen LogP contribution >= 0.6 is 12.4 Å². The minimum atomic E-state index is -3.53. The lowest BCUT2D eigenvalue weighted by Crippen LogP contribution is -2.38. The number of nitrogens with zero attached hydrogens (tertiary/aromatic N) is 1. The summed E-state index contributed by atoms with van der Waals surface area (Å²) in [7, 11) is -1.96. The standard InChI is InChI=1S/C12H17FN2O2S.ClH/c1-9-7-11(3-4-12(9)13)18(16,17)15(2)10-5-6-14-8-10;/h3-4,7,10,14H,5-6,8H2,1-2H3;1H. The number of benzene rings is 1. The highest BCUT2D eigenvalue weighted by molar-refractivity contribution is 7.89. The van der Waals surface area contributed by atoms with Gasteiger partial charge in [-0.25, -0.2) is 12.8 Å². The second-order valence-corrected chi connectivity index (χ2v) is 6.58. The van der Waals surface area contributed by atoms with Gasteiger partial charge in [0.15, 0.2) is 0 Å². The van der Waals surface area contributed by atoms with E-state index in [1.807, 2.05) is 0 Å². The Balaban J connectivity index is 0.00000180. The van der Waals surface area contributed by atoms with Crippen molar-refractivity contribution in [3.05, 3.63) is 29.6 Å². The lowest BCUT2D eigenvalue weighted by molar-refractivity contribution is 0.387. The molecule has 0 amide bonds. The molecule has 0 aromatic heterocycles. The summed E-state index contributed by atoms with van der Waals surface area (Å²) in [6, 6.07) is 3.86. The van der Waals surface area contributed by atoms with E-state index >= 15 is 0 Å². The Morgan fingerprint density at radius 1 is 1.42 bits per heavy atom. The Hall–Kier alpha value is -0.690. The highest BCUT2D eigenvalue weighted by Crippen LogP contribution is 2.21. The summed E-state index contributed by atoms with van der Waals surface area (Å²) in [6.45, 7) is 3.05. The average Bonchev–Trinajstić information content (AvgIpc) is 2.85. The SMILES string of the molecule is Cc1cc(S(=O)(=O)N(C)C2CCNC2)ccc1F.Cl. The number of likely N-dealkylation sites (N-methyl/N-ethyl adjacent to an activating group) is 1. The molecule has 1 saturated heterocycles. The van der Waals surface area contributed by atoms with Crippen molar-refractivity contribution in [1.29, 1.82) is 0 Å². The Bertz CT molecular complexity index is 545. The van der Waals surface area contributed by atoms with E-state index in [0.717, 1.165) is 13.0 Å². The molecule has 1 unspecified atom stereocenters. The molecule has 0 spiro atoms. The third kappa shape index (κ3) is 3.25. The molecule has 19 heavy (non-hydrogen) atoms. The zero-order chi connectivity index (χ0) is 13.3. The molecule has 1 aliphatic heterocycles. The zero-order valence-electron chi connectivity index (χ0n) is 10.9. The predicted octanol–water partition coefficient (Wildman–Crippen LogP) is 1.54. The van der Waals surface area contributed by atoms with E-state index in [9.17, 15) is 12.8 Å². The van der Waals surface area contributed by atoms with Crippen LogP contribution in [0.1, 0.15) is 12.0 Å². The molecule has 1 atom stereocenters. The van der Waals surface area contributed by atoms with Gasteiger partial charge in [-0.2, -0.15) is 4.31 Å². The summed E-state index contributed by atoms with van der Waals surface area (Å²) in [4.78, 5) is 0.149. The summed E-state index contributed by atoms with van der Waals surface area (Å²) >= 11 is 0. The fourth-order valence-electron chi connectivity index (χ4n) is 2.09. The zero-order valence-corrected chi connectivity index (χ0v) is 12.5. The highest BCUT2D eigenvalue weighted by Gasteiger charge is 2.30. The summed E-state index contributed by atoms with van der Waals surface area (Å²) in [5.74, 6) is -0.390. The van der Waals surface area contributed by atoms with Gasteiger partial charge in [0.25, 0.3) is 0 Å². The number of halogens is 2. The molecular formula is C12H18ClFN2O2S. The number of rotatable bonds is 3. The molecular weight excluding hydrogens is 291 g/mol. The first-order chi connectivity index (χ1) is 8.43. The fourth-order valence-corrected chi connectivity index (χ4v) is 3.56. The summed E-state index contributed by atoms with van der Waals surface area (Å²) in [6.07, 6.45) is 0.801. The monoisotopic (exact) mass is 308 g/mol. The van der Waals surface area contributed by atoms with Crippen molar-refractivity contribution in [1.82, 2.24) is 9.62 Å². The maximum atomic E-state index is 13.2. The van der Waals surface area contributed by atoms with Crippen LogP contribution in [-0.2, 0) is 10.0 Å². The minimum Gasteiger partial charge on any atom is -0.315 e. The first kappa shape index (κ1) is 16.4. The molecule has 1 N–H and O–H groups in total. The third-order valence-corrected chi connectivity index (χ3v) is 5.26. The predicted molar refractivity (Wildman–Crippen MR) is 74.6 cm³/mol. The topological polar surface area (TPSA) is 49.4 Å². The van der Waals surface area contributed by atoms with Crippen molar-refractivity contribution >= 4 is 22.4 Å². The average molecular weight is 309 g/mol. The molecule has 2 rings (SSSR count). The first-order valence-electron chi connectivity index (χ1n) is 5.88. The summed E-state index contributed by atoms with van der Waals surface area (Å²) in [5.41, 5.74) is 0.342. The number of aryl methyl sites for hydroxylation is 1. The molecule has 0 aliphatic carbocycles. The van der Waals surface area contributed by atoms with Crippen LogP contribution in [0.4, 0.5) is 4.39 Å². The van der Waals surface area contributed by atoms with Crippen LogP contribution < -0.4 is 5.32 Å². The van der Waals surface area contributed by atoms with E-state index < -0.39 is 10.0 Å². The second kappa shape index (κ2) is 6.17. The Morgan fingerprint density at radius 3 is 2.63 bits per heavy atom. The van der Waals surface area contributed by atoms with Crippen LogP contribution in [0.5, 0.6) is 0 Å². The van der Waals surface area contributed by atoms with Crippen LogP contribution in [0, 0.1) is 12.7 Å². The molecule has 0 bridgehead atoms. The van der Waals surface area contributed by atoms with E-state index in [4.69, 9.17) is 0 Å². The van der Waals surface area contributed by atoms with Crippen LogP contribution in [0.15, 0.2) is 23.1 Å². The van der Waals surface area contributed by atoms with E-state index in [2.05, 4.69) is 5.32 Å². The number of hydrogen-bond acceptors (Lipinski definition) is 3. The maximum absolute atomic E-state index is 13.2. The quantitative estimate of drug-likeness (QED) is 0.921. The lowest BCUT2D eigenvalue weighted by Gasteiger charge is -2.23. The Morgan fingerprint density at radius 2 is 2.11 bits per heavy atom. The number of hydrogen-bond donors (Lipinski definition) is 1. The van der Waals surface area contributed by atoms with E-state index in [0.29, 0.717) is 12.1 Å². The van der Waals surface area contributed by atoms with E-state index in [1.54, 1.807) is 14.0 Å². The van der Waals surface area contributed by atoms with Gasteiger partial charge < -0.3 is 5.32 Å². The molecule has 1 heterocycles. The minimum absolute atomic E-state index is 0. The van der Waals surface area contributed by atoms with Gasteiger partial charge in [-0.1, -0.05) is 0 Å². The molecule has 1 fully saturated rings. The van der Waals surface area contributed by atoms with Gasteiger partial charge >= 0.3 is 0 Å². The summed E-state index contributed by atoms with van der Waals surface area (Å²) < 4.78 is 39.3. The molecule has 1 aliphatic rings. The van der Waals surface area contributed by atoms with Crippen molar-refractivity contribution < 1.29 is 12.8 Å². The number of nitrogens with one attached hydrogen (secondary N) is 1. The molecule has 1 aromatic carbocycles. The second-order valence-electron chi connectivity index (χ2n) is 4.58. The smallest absolute Gasteiger partial charge is 0.243 e. The van der Waals surface area contributed by atoms with Crippen molar-refractivity contribution in [3.63, 3.8) is 0 Å². The Kier molecular flexibility index (Phi) is 5.32. The van der Waals surface area contributed by atoms with Crippen molar-refractivity contribution in [2.24, 2.45) is 0 Å². The van der Waals surface area contributed by atoms with Crippen LogP contribution in [0.3, 0.4) is 0 Å². The lowest BCUT2D eigenvalue weighted by atomic mass is 10.2. The van der Waals surface area contributed by atoms with Gasteiger partial charge in [0, 0.05) is 19.6 Å². The van der Waals surface area contributed by atoms with E-state index in [-0.39, 0.29) is 29.2 Å². The van der Waals surface area contributed by atoms with Crippen molar-refractivity contribution in [2.75, 3.05) is 20.1 Å². The van der Waals surface area contributed by atoms with Gasteiger partial charge in [-0.15, -0.1) is 12.4 Å². The molecule has 108 valence electrons. The van der Waals surface area contributed by atoms with Crippen molar-refractivity contribution in [2.45, 2.75) is 24.3 Å². The molecule has 0 radical (unpaired) electrons. The van der Waals surface area contributed by atoms with Gasteiger partial charge in [-0.3, -0.25) is 0 Å². The third-order valence-electron chi connectivity index (χ3n) is 3.35. The first-order valence-corrected chi connectivity index (χ1v) is 7.32. The molecule has 4 nitrogen and oxygen atoms in total. The van der Waals surface area contributed by atoms with Gasteiger partial charge in [-0.05, 0) is 43.7 Å². The fraction of sp³-hybridized carbons (Fsp3) is 0.500.